The second kappa shape index (κ2) is 4.66. The lowest BCUT2D eigenvalue weighted by Crippen LogP contribution is -2.55. The van der Waals surface area contributed by atoms with Gasteiger partial charge >= 0.3 is 0 Å². The van der Waals surface area contributed by atoms with E-state index in [1.807, 2.05) is 0 Å². The molecule has 1 saturated carbocycles. The van der Waals surface area contributed by atoms with E-state index in [1.165, 1.54) is 12.8 Å². The molecular formula is C11H21N3S. The standard InChI is InChI=1S/C11H21N3S/c1-3-13-6-7-14(8-9(13)2)11(15)12-10-4-5-10/h9-10H,3-8H2,1-2H3,(H,12,15). The highest BCUT2D eigenvalue weighted by Crippen LogP contribution is 2.19. The molecule has 2 rings (SSSR count). The van der Waals surface area contributed by atoms with Gasteiger partial charge in [-0.3, -0.25) is 4.90 Å². The van der Waals surface area contributed by atoms with Gasteiger partial charge in [0.05, 0.1) is 0 Å². The van der Waals surface area contributed by atoms with Crippen LogP contribution in [-0.4, -0.2) is 53.2 Å². The quantitative estimate of drug-likeness (QED) is 0.711. The summed E-state index contributed by atoms with van der Waals surface area (Å²) in [7, 11) is 0. The van der Waals surface area contributed by atoms with Gasteiger partial charge in [0.25, 0.3) is 0 Å². The average Bonchev–Trinajstić information content (AvgIpc) is 3.01. The summed E-state index contributed by atoms with van der Waals surface area (Å²) in [6, 6.07) is 1.31. The summed E-state index contributed by atoms with van der Waals surface area (Å²) in [5.74, 6) is 0. The van der Waals surface area contributed by atoms with Gasteiger partial charge in [-0.2, -0.15) is 0 Å². The van der Waals surface area contributed by atoms with E-state index < -0.39 is 0 Å². The number of piperazine rings is 1. The zero-order valence-corrected chi connectivity index (χ0v) is 10.5. The van der Waals surface area contributed by atoms with Crippen molar-refractivity contribution < 1.29 is 0 Å². The maximum Gasteiger partial charge on any atom is 0.169 e. The van der Waals surface area contributed by atoms with Crippen molar-refractivity contribution in [2.75, 3.05) is 26.2 Å². The van der Waals surface area contributed by atoms with Gasteiger partial charge in [0.2, 0.25) is 0 Å². The van der Waals surface area contributed by atoms with Gasteiger partial charge in [0.15, 0.2) is 5.11 Å². The molecule has 1 heterocycles. The van der Waals surface area contributed by atoms with Crippen molar-refractivity contribution in [1.82, 2.24) is 15.1 Å². The Morgan fingerprint density at radius 1 is 1.40 bits per heavy atom. The van der Waals surface area contributed by atoms with Crippen LogP contribution in [0.15, 0.2) is 0 Å². The highest BCUT2D eigenvalue weighted by atomic mass is 32.1. The van der Waals surface area contributed by atoms with Crippen LogP contribution in [0, 0.1) is 0 Å². The van der Waals surface area contributed by atoms with Crippen LogP contribution in [0.1, 0.15) is 26.7 Å². The molecule has 1 N–H and O–H groups in total. The molecule has 1 saturated heterocycles. The van der Waals surface area contributed by atoms with Crippen molar-refractivity contribution in [2.45, 2.75) is 38.8 Å². The Hall–Kier alpha value is -0.350. The highest BCUT2D eigenvalue weighted by molar-refractivity contribution is 7.80. The molecule has 2 aliphatic rings. The van der Waals surface area contributed by atoms with Crippen LogP contribution in [-0.2, 0) is 0 Å². The summed E-state index contributed by atoms with van der Waals surface area (Å²) in [4.78, 5) is 4.83. The van der Waals surface area contributed by atoms with Crippen LogP contribution < -0.4 is 5.32 Å². The third-order valence-corrected chi connectivity index (χ3v) is 3.74. The van der Waals surface area contributed by atoms with Gasteiger partial charge in [-0.15, -0.1) is 0 Å². The predicted molar refractivity (Wildman–Crippen MR) is 67.0 cm³/mol. The first-order valence-corrected chi connectivity index (χ1v) is 6.41. The number of nitrogens with one attached hydrogen (secondary N) is 1. The second-order valence-electron chi connectivity index (χ2n) is 4.65. The van der Waals surface area contributed by atoms with Crippen LogP contribution >= 0.6 is 12.2 Å². The van der Waals surface area contributed by atoms with Crippen LogP contribution in [0.2, 0.25) is 0 Å². The Kier molecular flexibility index (Phi) is 3.46. The predicted octanol–water partition coefficient (Wildman–Crippen LogP) is 1.05. The highest BCUT2D eigenvalue weighted by Gasteiger charge is 2.27. The van der Waals surface area contributed by atoms with Crippen LogP contribution in [0.4, 0.5) is 0 Å². The zero-order chi connectivity index (χ0) is 10.8. The lowest BCUT2D eigenvalue weighted by atomic mass is 10.2. The molecule has 2 fully saturated rings. The van der Waals surface area contributed by atoms with E-state index in [-0.39, 0.29) is 0 Å². The molecule has 15 heavy (non-hydrogen) atoms. The van der Waals surface area contributed by atoms with E-state index in [0.29, 0.717) is 12.1 Å². The lowest BCUT2D eigenvalue weighted by molar-refractivity contribution is 0.129. The molecule has 1 aliphatic heterocycles. The minimum Gasteiger partial charge on any atom is -0.360 e. The smallest absolute Gasteiger partial charge is 0.169 e. The summed E-state index contributed by atoms with van der Waals surface area (Å²) in [5, 5.41) is 4.39. The molecule has 3 nitrogen and oxygen atoms in total. The number of likely N-dealkylation sites (N-methyl/N-ethyl adjacent to an activating group) is 1. The molecule has 1 unspecified atom stereocenters. The number of hydrogen-bond donors (Lipinski definition) is 1. The van der Waals surface area contributed by atoms with Gasteiger partial charge in [-0.25, -0.2) is 0 Å². The van der Waals surface area contributed by atoms with E-state index in [2.05, 4.69) is 29.0 Å². The van der Waals surface area contributed by atoms with E-state index >= 15 is 0 Å². The van der Waals surface area contributed by atoms with Gasteiger partial charge in [0.1, 0.15) is 0 Å². The molecule has 4 heteroatoms. The Labute approximate surface area is 97.8 Å². The first-order valence-electron chi connectivity index (χ1n) is 6.00. The third-order valence-electron chi connectivity index (χ3n) is 3.36. The van der Waals surface area contributed by atoms with E-state index in [1.54, 1.807) is 0 Å². The Morgan fingerprint density at radius 3 is 2.67 bits per heavy atom. The normalized spacial score (nSPS) is 27.9. The fourth-order valence-electron chi connectivity index (χ4n) is 2.14. The van der Waals surface area contributed by atoms with Crippen molar-refractivity contribution in [3.8, 4) is 0 Å². The van der Waals surface area contributed by atoms with Crippen LogP contribution in [0.3, 0.4) is 0 Å². The van der Waals surface area contributed by atoms with Crippen molar-refractivity contribution >= 4 is 17.3 Å². The molecule has 0 aromatic heterocycles. The first kappa shape index (κ1) is 11.1. The minimum atomic E-state index is 0.628. The minimum absolute atomic E-state index is 0.628. The van der Waals surface area contributed by atoms with Gasteiger partial charge in [-0.05, 0) is 38.5 Å². The molecule has 0 aromatic carbocycles. The molecule has 0 spiro atoms. The van der Waals surface area contributed by atoms with E-state index in [9.17, 15) is 0 Å². The second-order valence-corrected chi connectivity index (χ2v) is 5.03. The van der Waals surface area contributed by atoms with E-state index in [4.69, 9.17) is 12.2 Å². The first-order chi connectivity index (χ1) is 7.20. The van der Waals surface area contributed by atoms with Crippen molar-refractivity contribution in [2.24, 2.45) is 0 Å². The average molecular weight is 227 g/mol. The fourth-order valence-corrected chi connectivity index (χ4v) is 2.48. The molecule has 1 aliphatic carbocycles. The van der Waals surface area contributed by atoms with Crippen molar-refractivity contribution in [1.29, 1.82) is 0 Å². The monoisotopic (exact) mass is 227 g/mol. The maximum atomic E-state index is 5.41. The largest absolute Gasteiger partial charge is 0.360 e. The lowest BCUT2D eigenvalue weighted by Gasteiger charge is -2.40. The molecular weight excluding hydrogens is 206 g/mol. The molecule has 0 aromatic rings. The summed E-state index contributed by atoms with van der Waals surface area (Å²) in [5.41, 5.74) is 0. The molecule has 1 atom stereocenters. The topological polar surface area (TPSA) is 18.5 Å². The van der Waals surface area contributed by atoms with Crippen molar-refractivity contribution in [3.05, 3.63) is 0 Å². The van der Waals surface area contributed by atoms with Crippen molar-refractivity contribution in [3.63, 3.8) is 0 Å². The Balaban J connectivity index is 1.81. The van der Waals surface area contributed by atoms with Gasteiger partial charge in [0, 0.05) is 31.7 Å². The molecule has 0 bridgehead atoms. The fraction of sp³-hybridized carbons (Fsp3) is 0.909. The number of nitrogens with zero attached hydrogens (tertiary/aromatic N) is 2. The Bertz CT molecular complexity index is 240. The van der Waals surface area contributed by atoms with Crippen LogP contribution in [0.25, 0.3) is 0 Å². The summed E-state index contributed by atoms with van der Waals surface area (Å²) in [6.45, 7) is 8.97. The Morgan fingerprint density at radius 2 is 2.13 bits per heavy atom. The van der Waals surface area contributed by atoms with Gasteiger partial charge in [-0.1, -0.05) is 6.92 Å². The maximum absolute atomic E-state index is 5.41. The number of thiocarbonyl (C=S) groups is 1. The molecule has 0 radical (unpaired) electrons. The van der Waals surface area contributed by atoms with Crippen LogP contribution in [0.5, 0.6) is 0 Å². The summed E-state index contributed by atoms with van der Waals surface area (Å²) >= 11 is 5.41. The third kappa shape index (κ3) is 2.82. The number of rotatable bonds is 2. The molecule has 0 amide bonds. The van der Waals surface area contributed by atoms with E-state index in [0.717, 1.165) is 31.3 Å². The SMILES string of the molecule is CCN1CCN(C(=S)NC2CC2)CC1C. The zero-order valence-electron chi connectivity index (χ0n) is 9.70. The van der Waals surface area contributed by atoms with Gasteiger partial charge < -0.3 is 10.2 Å². The summed E-state index contributed by atoms with van der Waals surface area (Å²) in [6.07, 6.45) is 2.59. The summed E-state index contributed by atoms with van der Waals surface area (Å²) < 4.78 is 0. The molecule has 86 valence electrons. The number of hydrogen-bond acceptors (Lipinski definition) is 2.